The molecule has 0 aromatic heterocycles. The number of hydrogen-bond acceptors (Lipinski definition) is 4. The minimum atomic E-state index is -1.38. The average Bonchev–Trinajstić information content (AvgIpc) is 2.85. The molecule has 2 atom stereocenters. The Morgan fingerprint density at radius 2 is 2.17 bits per heavy atom. The number of amides is 3. The number of rotatable bonds is 8. The van der Waals surface area contributed by atoms with E-state index in [1.807, 2.05) is 6.92 Å². The molecule has 3 amide bonds. The van der Waals surface area contributed by atoms with Crippen LogP contribution >= 0.6 is 0 Å². The van der Waals surface area contributed by atoms with Gasteiger partial charge in [0.25, 0.3) is 5.91 Å². The molecule has 2 unspecified atom stereocenters. The number of aliphatic hydroxyl groups is 1. The lowest BCUT2D eigenvalue weighted by atomic mass is 9.83. The van der Waals surface area contributed by atoms with Crippen LogP contribution in [-0.4, -0.2) is 35.3 Å². The normalized spacial score (nSPS) is 22.1. The van der Waals surface area contributed by atoms with Crippen LogP contribution in [0.25, 0.3) is 0 Å². The quantitative estimate of drug-likeness (QED) is 0.321. The second kappa shape index (κ2) is 12.5. The molecular weight excluding hydrogens is 387 g/mol. The van der Waals surface area contributed by atoms with Gasteiger partial charge in [0.15, 0.2) is 5.54 Å². The van der Waals surface area contributed by atoms with E-state index in [0.717, 1.165) is 0 Å². The molecule has 1 heterocycles. The van der Waals surface area contributed by atoms with Gasteiger partial charge in [0.1, 0.15) is 24.3 Å². The predicted molar refractivity (Wildman–Crippen MR) is 115 cm³/mol. The fraction of sp³-hybridized carbons (Fsp3) is 0.391. The highest BCUT2D eigenvalue weighted by atomic mass is 19.1. The zero-order valence-electron chi connectivity index (χ0n) is 17.6. The topological polar surface area (TPSA) is 87.7 Å². The van der Waals surface area contributed by atoms with E-state index in [4.69, 9.17) is 4.74 Å². The summed E-state index contributed by atoms with van der Waals surface area (Å²) < 4.78 is 18.7. The van der Waals surface area contributed by atoms with Crippen LogP contribution in [0.15, 0.2) is 59.7 Å². The number of terminal acetylenes is 1. The van der Waals surface area contributed by atoms with Crippen LogP contribution in [0, 0.1) is 12.3 Å². The van der Waals surface area contributed by atoms with Gasteiger partial charge in [-0.3, -0.25) is 10.1 Å². The van der Waals surface area contributed by atoms with E-state index >= 15 is 0 Å². The Balaban J connectivity index is 0.00000141. The Labute approximate surface area is 177 Å². The van der Waals surface area contributed by atoms with E-state index in [9.17, 15) is 19.1 Å². The lowest BCUT2D eigenvalue weighted by Crippen LogP contribution is -2.56. The van der Waals surface area contributed by atoms with E-state index in [0.29, 0.717) is 24.2 Å². The molecule has 1 aliphatic heterocycles. The van der Waals surface area contributed by atoms with Crippen LogP contribution < -0.4 is 10.6 Å². The molecule has 0 radical (unpaired) electrons. The molecule has 0 spiro atoms. The summed E-state index contributed by atoms with van der Waals surface area (Å²) >= 11 is 0. The van der Waals surface area contributed by atoms with Crippen molar-refractivity contribution in [2.24, 2.45) is 0 Å². The number of carbonyl (C=O) groups excluding carboxylic acids is 2. The third-order valence-corrected chi connectivity index (χ3v) is 4.41. The number of carbonyl (C=O) groups is 2. The molecule has 2 rings (SSSR count). The molecule has 7 heteroatoms. The molecule has 162 valence electrons. The maximum Gasteiger partial charge on any atom is 0.322 e. The summed E-state index contributed by atoms with van der Waals surface area (Å²) in [6, 6.07) is -0.609. The molecule has 0 bridgehead atoms. The second-order valence-corrected chi connectivity index (χ2v) is 6.61. The summed E-state index contributed by atoms with van der Waals surface area (Å²) in [5.41, 5.74) is -0.894. The van der Waals surface area contributed by atoms with E-state index < -0.39 is 23.6 Å². The number of aliphatic hydroxyl groups excluding tert-OH is 1. The van der Waals surface area contributed by atoms with Crippen molar-refractivity contribution in [1.82, 2.24) is 10.6 Å². The smallest absolute Gasteiger partial charge is 0.322 e. The van der Waals surface area contributed by atoms with Crippen molar-refractivity contribution in [3.8, 4) is 12.3 Å². The summed E-state index contributed by atoms with van der Waals surface area (Å²) in [5, 5.41) is 15.6. The predicted octanol–water partition coefficient (Wildman–Crippen LogP) is 3.58. The van der Waals surface area contributed by atoms with Gasteiger partial charge in [0.05, 0.1) is 0 Å². The third-order valence-electron chi connectivity index (χ3n) is 4.41. The van der Waals surface area contributed by atoms with Crippen molar-refractivity contribution in [2.45, 2.75) is 51.7 Å². The molecule has 6 nitrogen and oxygen atoms in total. The van der Waals surface area contributed by atoms with Crippen molar-refractivity contribution >= 4 is 11.9 Å². The van der Waals surface area contributed by atoms with Crippen LogP contribution in [0.4, 0.5) is 9.18 Å². The fourth-order valence-electron chi connectivity index (χ4n) is 3.04. The van der Waals surface area contributed by atoms with E-state index in [2.05, 4.69) is 23.0 Å². The number of ether oxygens (including phenoxy) is 1. The first-order chi connectivity index (χ1) is 14.3. The third kappa shape index (κ3) is 6.75. The van der Waals surface area contributed by atoms with Crippen molar-refractivity contribution < 1.29 is 23.8 Å². The summed E-state index contributed by atoms with van der Waals surface area (Å²) in [5.74, 6) is 2.01. The van der Waals surface area contributed by atoms with Gasteiger partial charge >= 0.3 is 6.03 Å². The minimum Gasteiger partial charge on any atom is -0.490 e. The molecule has 1 fully saturated rings. The van der Waals surface area contributed by atoms with Crippen molar-refractivity contribution in [1.29, 1.82) is 0 Å². The number of imide groups is 1. The van der Waals surface area contributed by atoms with Gasteiger partial charge < -0.3 is 15.2 Å². The summed E-state index contributed by atoms with van der Waals surface area (Å²) in [7, 11) is 0. The number of nitrogens with one attached hydrogen (secondary N) is 2. The van der Waals surface area contributed by atoms with Crippen LogP contribution in [0.1, 0.15) is 40.0 Å². The van der Waals surface area contributed by atoms with Gasteiger partial charge in [0.2, 0.25) is 0 Å². The van der Waals surface area contributed by atoms with Crippen molar-refractivity contribution in [2.75, 3.05) is 6.61 Å². The highest BCUT2D eigenvalue weighted by molar-refractivity contribution is 6.07. The summed E-state index contributed by atoms with van der Waals surface area (Å²) in [6.07, 6.45) is 15.8. The first-order valence-corrected chi connectivity index (χ1v) is 9.72. The number of halogens is 1. The van der Waals surface area contributed by atoms with Crippen LogP contribution in [0.3, 0.4) is 0 Å². The largest absolute Gasteiger partial charge is 0.490 e. The molecule has 1 aliphatic carbocycles. The lowest BCUT2D eigenvalue weighted by Gasteiger charge is -2.31. The standard InChI is InChI=1S/C20H25FN2O4.C3H4/c1-3-12-20(18(25)22-19(26)23-20)17(24)14(4-2)7-6-13-27-16-9-5-8-15(21)10-11-16;1-3-2/h4-7,9-11,17,24H,3,8,12-13H2,1-2H3,(H2,22,23,25,26);1H,2H3/b7-6-,14-4+;. The zero-order valence-corrected chi connectivity index (χ0v) is 17.6. The molecule has 30 heavy (non-hydrogen) atoms. The molecule has 0 aromatic carbocycles. The van der Waals surface area contributed by atoms with Crippen LogP contribution in [-0.2, 0) is 9.53 Å². The summed E-state index contributed by atoms with van der Waals surface area (Å²) in [4.78, 5) is 23.9. The van der Waals surface area contributed by atoms with E-state index in [-0.39, 0.29) is 18.9 Å². The Kier molecular flexibility index (Phi) is 10.3. The average molecular weight is 416 g/mol. The van der Waals surface area contributed by atoms with E-state index in [1.54, 1.807) is 50.3 Å². The van der Waals surface area contributed by atoms with E-state index in [1.165, 1.54) is 6.08 Å². The maximum atomic E-state index is 13.1. The SMILES string of the molecule is C#CC.C/C=C(\C=C/COC1=CC=C(F)CC=C1)C(O)C1(CCC)NC(=O)NC1=O. The highest BCUT2D eigenvalue weighted by Crippen LogP contribution is 2.27. The van der Waals surface area contributed by atoms with Crippen molar-refractivity contribution in [3.05, 3.63) is 59.7 Å². The van der Waals surface area contributed by atoms with Gasteiger partial charge in [0, 0.05) is 6.42 Å². The first-order valence-electron chi connectivity index (χ1n) is 9.72. The summed E-state index contributed by atoms with van der Waals surface area (Å²) in [6.45, 7) is 5.47. The number of urea groups is 1. The zero-order chi connectivity index (χ0) is 22.6. The number of allylic oxidation sites excluding steroid dienone is 6. The minimum absolute atomic E-state index is 0.203. The maximum absolute atomic E-state index is 13.1. The Morgan fingerprint density at radius 1 is 1.47 bits per heavy atom. The molecule has 3 N–H and O–H groups in total. The second-order valence-electron chi connectivity index (χ2n) is 6.61. The molecular formula is C23H29FN2O4. The van der Waals surface area contributed by atoms with Crippen LogP contribution in [0.5, 0.6) is 0 Å². The fourth-order valence-corrected chi connectivity index (χ4v) is 3.04. The number of hydrogen-bond donors (Lipinski definition) is 3. The van der Waals surface area contributed by atoms with Crippen LogP contribution in [0.2, 0.25) is 0 Å². The van der Waals surface area contributed by atoms with Gasteiger partial charge in [-0.2, -0.15) is 0 Å². The monoisotopic (exact) mass is 416 g/mol. The lowest BCUT2D eigenvalue weighted by molar-refractivity contribution is -0.127. The molecule has 0 aromatic rings. The van der Waals surface area contributed by atoms with Gasteiger partial charge in [-0.15, -0.1) is 12.3 Å². The van der Waals surface area contributed by atoms with Gasteiger partial charge in [-0.1, -0.05) is 31.6 Å². The van der Waals surface area contributed by atoms with Gasteiger partial charge in [-0.05, 0) is 50.1 Å². The molecule has 2 aliphatic rings. The first kappa shape index (κ1) is 24.9. The molecule has 0 saturated carbocycles. The molecule has 1 saturated heterocycles. The Bertz CT molecular complexity index is 818. The van der Waals surface area contributed by atoms with Gasteiger partial charge in [-0.25, -0.2) is 9.18 Å². The Morgan fingerprint density at radius 3 is 2.73 bits per heavy atom. The highest BCUT2D eigenvalue weighted by Gasteiger charge is 2.51. The van der Waals surface area contributed by atoms with Crippen molar-refractivity contribution in [3.63, 3.8) is 0 Å². The Hall–Kier alpha value is -3.11.